The highest BCUT2D eigenvalue weighted by Crippen LogP contribution is 2.34. The van der Waals surface area contributed by atoms with Gasteiger partial charge < -0.3 is 4.57 Å². The van der Waals surface area contributed by atoms with Crippen LogP contribution in [0.1, 0.15) is 38.6 Å². The molecule has 4 nitrogen and oxygen atoms in total. The lowest BCUT2D eigenvalue weighted by Gasteiger charge is -2.20. The van der Waals surface area contributed by atoms with Gasteiger partial charge in [0.2, 0.25) is 5.83 Å². The van der Waals surface area contributed by atoms with Crippen molar-refractivity contribution in [1.82, 2.24) is 19.7 Å². The summed E-state index contributed by atoms with van der Waals surface area (Å²) in [4.78, 5) is 5.38. The molecule has 0 saturated heterocycles. The molecule has 0 N–H and O–H groups in total. The van der Waals surface area contributed by atoms with Crippen molar-refractivity contribution in [3.8, 4) is 11.5 Å². The number of nitrogens with zero attached hydrogens (tertiary/aromatic N) is 4. The lowest BCUT2D eigenvalue weighted by Crippen LogP contribution is -2.08. The van der Waals surface area contributed by atoms with E-state index in [4.69, 9.17) is 0 Å². The number of rotatable bonds is 6. The van der Waals surface area contributed by atoms with Crippen LogP contribution in [0, 0.1) is 11.8 Å². The average molecular weight is 453 g/mol. The van der Waals surface area contributed by atoms with Gasteiger partial charge in [0.05, 0.1) is 0 Å². The van der Waals surface area contributed by atoms with Gasteiger partial charge in [0.15, 0.2) is 11.6 Å². The Morgan fingerprint density at radius 2 is 2.06 bits per heavy atom. The standard InChI is InChI=1S/C22H24F4N4S/c1-5-31-17-10-16(15-8-6-14(7-9-15)13(2)3)12-27-20(17)21-29-28-19(30(21)4)11-18(23)22(24,25)26/h6,8-14H,5,7H2,1-4H3/b18-11-. The first-order valence-electron chi connectivity index (χ1n) is 9.97. The number of alkyl halides is 3. The van der Waals surface area contributed by atoms with Crippen molar-refractivity contribution in [1.29, 1.82) is 0 Å². The summed E-state index contributed by atoms with van der Waals surface area (Å²) in [6.07, 6.45) is 4.48. The molecule has 0 amide bonds. The highest BCUT2D eigenvalue weighted by Gasteiger charge is 2.35. The molecule has 0 bridgehead atoms. The summed E-state index contributed by atoms with van der Waals surface area (Å²) >= 11 is 1.55. The van der Waals surface area contributed by atoms with E-state index in [1.165, 1.54) is 11.6 Å². The van der Waals surface area contributed by atoms with Crippen LogP contribution in [0.4, 0.5) is 17.6 Å². The Bertz CT molecular complexity index is 1030. The first-order valence-corrected chi connectivity index (χ1v) is 11.0. The molecule has 1 aliphatic carbocycles. The van der Waals surface area contributed by atoms with Gasteiger partial charge in [0.25, 0.3) is 0 Å². The second-order valence-corrected chi connectivity index (χ2v) is 8.90. The van der Waals surface area contributed by atoms with Gasteiger partial charge in [-0.15, -0.1) is 22.0 Å². The van der Waals surface area contributed by atoms with Crippen LogP contribution in [0.5, 0.6) is 0 Å². The minimum Gasteiger partial charge on any atom is -0.309 e. The first kappa shape index (κ1) is 23.2. The molecule has 0 spiro atoms. The zero-order valence-corrected chi connectivity index (χ0v) is 18.6. The molecule has 2 aromatic heterocycles. The molecule has 2 aromatic rings. The number of thioether (sulfide) groups is 1. The summed E-state index contributed by atoms with van der Waals surface area (Å²) < 4.78 is 52.2. The Morgan fingerprint density at radius 3 is 2.65 bits per heavy atom. The minimum atomic E-state index is -5.06. The third kappa shape index (κ3) is 5.26. The van der Waals surface area contributed by atoms with Gasteiger partial charge in [-0.2, -0.15) is 13.2 Å². The third-order valence-electron chi connectivity index (χ3n) is 5.12. The maximum atomic E-state index is 13.3. The van der Waals surface area contributed by atoms with Crippen LogP contribution < -0.4 is 0 Å². The van der Waals surface area contributed by atoms with E-state index in [2.05, 4.69) is 47.3 Å². The minimum absolute atomic E-state index is 0.235. The number of allylic oxidation sites excluding steroid dienone is 5. The van der Waals surface area contributed by atoms with Crippen LogP contribution in [0.15, 0.2) is 41.2 Å². The van der Waals surface area contributed by atoms with Crippen LogP contribution in [-0.4, -0.2) is 31.7 Å². The predicted molar refractivity (Wildman–Crippen MR) is 116 cm³/mol. The molecular formula is C22H24F4N4S. The summed E-state index contributed by atoms with van der Waals surface area (Å²) in [5.41, 5.74) is 2.55. The largest absolute Gasteiger partial charge is 0.443 e. The molecule has 0 aromatic carbocycles. The number of hydrogen-bond acceptors (Lipinski definition) is 4. The Labute approximate surface area is 183 Å². The smallest absolute Gasteiger partial charge is 0.309 e. The summed E-state index contributed by atoms with van der Waals surface area (Å²) in [5.74, 6) is -0.325. The lowest BCUT2D eigenvalue weighted by atomic mass is 9.86. The van der Waals surface area contributed by atoms with Crippen molar-refractivity contribution < 1.29 is 17.6 Å². The number of halogens is 4. The van der Waals surface area contributed by atoms with Crippen LogP contribution >= 0.6 is 11.8 Å². The van der Waals surface area contributed by atoms with Crippen molar-refractivity contribution in [2.24, 2.45) is 18.9 Å². The van der Waals surface area contributed by atoms with E-state index in [0.29, 0.717) is 23.6 Å². The Kier molecular flexibility index (Phi) is 7.03. The van der Waals surface area contributed by atoms with E-state index in [0.717, 1.165) is 28.2 Å². The molecule has 0 fully saturated rings. The molecule has 3 rings (SSSR count). The predicted octanol–water partition coefficient (Wildman–Crippen LogP) is 6.48. The van der Waals surface area contributed by atoms with Crippen molar-refractivity contribution in [3.63, 3.8) is 0 Å². The van der Waals surface area contributed by atoms with E-state index in [1.807, 2.05) is 13.0 Å². The second-order valence-electron chi connectivity index (χ2n) is 7.60. The Balaban J connectivity index is 1.96. The SMILES string of the molecule is CCSc1cc(C2=CCC(C(C)C)C=C2)cnc1-c1nnc(/C=C(\F)C(F)(F)F)n1C. The molecule has 166 valence electrons. The lowest BCUT2D eigenvalue weighted by molar-refractivity contribution is -0.107. The number of aromatic nitrogens is 4. The number of hydrogen-bond donors (Lipinski definition) is 0. The topological polar surface area (TPSA) is 43.6 Å². The van der Waals surface area contributed by atoms with Gasteiger partial charge in [-0.25, -0.2) is 4.39 Å². The molecule has 2 heterocycles. The zero-order valence-electron chi connectivity index (χ0n) is 17.7. The fourth-order valence-electron chi connectivity index (χ4n) is 3.25. The molecule has 0 radical (unpaired) electrons. The van der Waals surface area contributed by atoms with Gasteiger partial charge >= 0.3 is 6.18 Å². The van der Waals surface area contributed by atoms with Gasteiger partial charge in [-0.1, -0.05) is 39.0 Å². The highest BCUT2D eigenvalue weighted by molar-refractivity contribution is 7.99. The molecular weight excluding hydrogens is 428 g/mol. The van der Waals surface area contributed by atoms with Crippen molar-refractivity contribution >= 4 is 23.4 Å². The van der Waals surface area contributed by atoms with Crippen LogP contribution in [-0.2, 0) is 7.05 Å². The normalized spacial score (nSPS) is 17.4. The Hall–Kier alpha value is -2.42. The molecule has 1 atom stereocenters. The van der Waals surface area contributed by atoms with Crippen LogP contribution in [0.3, 0.4) is 0 Å². The maximum Gasteiger partial charge on any atom is 0.443 e. The van der Waals surface area contributed by atoms with Gasteiger partial charge in [-0.05, 0) is 35.6 Å². The van der Waals surface area contributed by atoms with E-state index >= 15 is 0 Å². The van der Waals surface area contributed by atoms with E-state index in [-0.39, 0.29) is 11.6 Å². The molecule has 31 heavy (non-hydrogen) atoms. The van der Waals surface area contributed by atoms with E-state index in [1.54, 1.807) is 18.0 Å². The fraction of sp³-hybridized carbons (Fsp3) is 0.409. The first-order chi connectivity index (χ1) is 14.6. The second kappa shape index (κ2) is 9.38. The highest BCUT2D eigenvalue weighted by atomic mass is 32.2. The molecule has 1 unspecified atom stereocenters. The van der Waals surface area contributed by atoms with Crippen LogP contribution in [0.25, 0.3) is 23.2 Å². The van der Waals surface area contributed by atoms with Crippen LogP contribution in [0.2, 0.25) is 0 Å². The van der Waals surface area contributed by atoms with Crippen molar-refractivity contribution in [2.75, 3.05) is 5.75 Å². The van der Waals surface area contributed by atoms with Gasteiger partial charge in [0, 0.05) is 29.8 Å². The van der Waals surface area contributed by atoms with Crippen molar-refractivity contribution in [2.45, 2.75) is 38.3 Å². The molecule has 1 aliphatic rings. The fourth-order valence-corrected chi connectivity index (χ4v) is 4.05. The van der Waals surface area contributed by atoms with Gasteiger partial charge in [0.1, 0.15) is 5.69 Å². The molecule has 0 saturated carbocycles. The Morgan fingerprint density at radius 1 is 1.32 bits per heavy atom. The zero-order chi connectivity index (χ0) is 22.8. The van der Waals surface area contributed by atoms with Gasteiger partial charge in [-0.3, -0.25) is 4.98 Å². The summed E-state index contributed by atoms with van der Waals surface area (Å²) in [5, 5.41) is 7.67. The quantitative estimate of drug-likeness (QED) is 0.372. The number of pyridine rings is 1. The van der Waals surface area contributed by atoms with E-state index < -0.39 is 12.0 Å². The van der Waals surface area contributed by atoms with Crippen molar-refractivity contribution in [3.05, 3.63) is 47.7 Å². The van der Waals surface area contributed by atoms with E-state index in [9.17, 15) is 17.6 Å². The molecule has 9 heteroatoms. The summed E-state index contributed by atoms with van der Waals surface area (Å²) in [7, 11) is 1.49. The maximum absolute atomic E-state index is 13.3. The monoisotopic (exact) mass is 452 g/mol. The summed E-state index contributed by atoms with van der Waals surface area (Å²) in [6, 6.07) is 2.00. The average Bonchev–Trinajstić information content (AvgIpc) is 3.07. The third-order valence-corrected chi connectivity index (χ3v) is 6.03. The molecule has 0 aliphatic heterocycles. The summed E-state index contributed by atoms with van der Waals surface area (Å²) in [6.45, 7) is 6.40.